The molecule has 0 amide bonds. The van der Waals surface area contributed by atoms with Crippen LogP contribution in [-0.4, -0.2) is 56.2 Å². The lowest BCUT2D eigenvalue weighted by Gasteiger charge is -2.17. The summed E-state index contributed by atoms with van der Waals surface area (Å²) < 4.78 is 45.6. The van der Waals surface area contributed by atoms with E-state index in [0.29, 0.717) is 24.7 Å². The molecule has 1 fully saturated rings. The summed E-state index contributed by atoms with van der Waals surface area (Å²) >= 11 is 5.70. The highest BCUT2D eigenvalue weighted by Gasteiger charge is 2.34. The molecule has 1 aliphatic rings. The Morgan fingerprint density at radius 1 is 1.27 bits per heavy atom. The summed E-state index contributed by atoms with van der Waals surface area (Å²) in [6.07, 6.45) is 0.186. The van der Waals surface area contributed by atoms with Crippen LogP contribution < -0.4 is 9.64 Å². The van der Waals surface area contributed by atoms with E-state index in [2.05, 4.69) is 10.2 Å². The van der Waals surface area contributed by atoms with Crippen molar-refractivity contribution in [2.45, 2.75) is 17.4 Å². The molecule has 140 valence electrons. The number of ether oxygens (including phenoxy) is 1. The molecule has 0 N–H and O–H groups in total. The van der Waals surface area contributed by atoms with Gasteiger partial charge in [-0.2, -0.15) is 4.31 Å². The maximum Gasteiger partial charge on any atom is 0.243 e. The normalized spacial score (nSPS) is 18.1. The minimum atomic E-state index is -3.76. The molecular formula is C16H18ClFN4O3S. The molecule has 10 heteroatoms. The van der Waals surface area contributed by atoms with E-state index in [4.69, 9.17) is 16.3 Å². The summed E-state index contributed by atoms with van der Waals surface area (Å²) in [5, 5.41) is 7.78. The Hall–Kier alpha value is -1.97. The first kappa shape index (κ1) is 18.8. The zero-order valence-corrected chi connectivity index (χ0v) is 15.8. The number of hydrogen-bond acceptors (Lipinski definition) is 6. The van der Waals surface area contributed by atoms with Gasteiger partial charge >= 0.3 is 0 Å². The maximum atomic E-state index is 13.3. The Kier molecular flexibility index (Phi) is 5.31. The van der Waals surface area contributed by atoms with E-state index in [1.165, 1.54) is 10.4 Å². The van der Waals surface area contributed by atoms with E-state index in [9.17, 15) is 12.8 Å². The number of nitrogens with zero attached hydrogens (tertiary/aromatic N) is 4. The highest BCUT2D eigenvalue weighted by Crippen LogP contribution is 2.26. The zero-order chi connectivity index (χ0) is 18.9. The number of halogens is 2. The summed E-state index contributed by atoms with van der Waals surface area (Å²) in [6.45, 7) is 0.472. The van der Waals surface area contributed by atoms with Crippen molar-refractivity contribution < 1.29 is 17.5 Å². The van der Waals surface area contributed by atoms with Crippen LogP contribution in [0, 0.1) is 5.82 Å². The molecule has 1 aliphatic heterocycles. The van der Waals surface area contributed by atoms with Gasteiger partial charge in [-0.15, -0.1) is 10.2 Å². The fourth-order valence-corrected chi connectivity index (χ4v) is 4.34. The van der Waals surface area contributed by atoms with Crippen molar-refractivity contribution in [3.05, 3.63) is 41.2 Å². The molecule has 0 saturated carbocycles. The van der Waals surface area contributed by atoms with Crippen molar-refractivity contribution in [3.8, 4) is 5.88 Å². The second-order valence-corrected chi connectivity index (χ2v) is 8.44. The summed E-state index contributed by atoms with van der Waals surface area (Å²) in [5.41, 5.74) is 0. The molecule has 1 saturated heterocycles. The average molecular weight is 401 g/mol. The van der Waals surface area contributed by atoms with Crippen molar-refractivity contribution in [1.82, 2.24) is 14.5 Å². The van der Waals surface area contributed by atoms with Crippen LogP contribution in [0.2, 0.25) is 5.02 Å². The quantitative estimate of drug-likeness (QED) is 0.765. The molecule has 0 bridgehead atoms. The second kappa shape index (κ2) is 7.34. The molecular weight excluding hydrogens is 383 g/mol. The third-order valence-corrected chi connectivity index (χ3v) is 6.16. The molecule has 2 heterocycles. The minimum Gasteiger partial charge on any atom is -0.472 e. The Balaban J connectivity index is 1.68. The highest BCUT2D eigenvalue weighted by molar-refractivity contribution is 7.89. The van der Waals surface area contributed by atoms with Crippen LogP contribution in [0.3, 0.4) is 0 Å². The Morgan fingerprint density at radius 2 is 2.04 bits per heavy atom. The molecule has 2 aromatic rings. The van der Waals surface area contributed by atoms with Gasteiger partial charge in [-0.05, 0) is 30.7 Å². The molecule has 0 radical (unpaired) electrons. The van der Waals surface area contributed by atoms with Gasteiger partial charge in [-0.1, -0.05) is 11.6 Å². The molecule has 0 aliphatic carbocycles. The van der Waals surface area contributed by atoms with Gasteiger partial charge in [-0.25, -0.2) is 12.8 Å². The van der Waals surface area contributed by atoms with Crippen molar-refractivity contribution in [2.75, 3.05) is 32.1 Å². The monoisotopic (exact) mass is 400 g/mol. The number of rotatable bonds is 5. The molecule has 3 rings (SSSR count). The summed E-state index contributed by atoms with van der Waals surface area (Å²) in [6, 6.07) is 6.83. The standard InChI is InChI=1S/C16H18ClFN4O3S/c1-21(2)15-5-6-16(20-19-15)25-11-7-8-22(10-11)26(23,24)12-3-4-14(18)13(17)9-12/h3-6,9,11H,7-8,10H2,1-2H3. The van der Waals surface area contributed by atoms with Gasteiger partial charge in [0.25, 0.3) is 0 Å². The first-order chi connectivity index (χ1) is 12.3. The molecule has 7 nitrogen and oxygen atoms in total. The van der Waals surface area contributed by atoms with Gasteiger partial charge in [0.05, 0.1) is 16.5 Å². The van der Waals surface area contributed by atoms with Crippen LogP contribution in [0.4, 0.5) is 10.2 Å². The molecule has 26 heavy (non-hydrogen) atoms. The third-order valence-electron chi connectivity index (χ3n) is 4.01. The lowest BCUT2D eigenvalue weighted by molar-refractivity contribution is 0.204. The van der Waals surface area contributed by atoms with Crippen LogP contribution in [0.15, 0.2) is 35.2 Å². The second-order valence-electron chi connectivity index (χ2n) is 6.09. The average Bonchev–Trinajstić information content (AvgIpc) is 3.07. The van der Waals surface area contributed by atoms with Gasteiger partial charge in [0.15, 0.2) is 5.82 Å². The van der Waals surface area contributed by atoms with Crippen molar-refractivity contribution in [2.24, 2.45) is 0 Å². The Labute approximate surface area is 156 Å². The molecule has 0 spiro atoms. The SMILES string of the molecule is CN(C)c1ccc(OC2CCN(S(=O)(=O)c3ccc(F)c(Cl)c3)C2)nn1. The van der Waals surface area contributed by atoms with Gasteiger partial charge in [0, 0.05) is 26.7 Å². The van der Waals surface area contributed by atoms with Crippen LogP contribution in [0.25, 0.3) is 0 Å². The Bertz CT molecular complexity index is 893. The molecule has 1 aromatic carbocycles. The summed E-state index contributed by atoms with van der Waals surface area (Å²) in [7, 11) is -0.0553. The lowest BCUT2D eigenvalue weighted by Crippen LogP contribution is -2.31. The summed E-state index contributed by atoms with van der Waals surface area (Å²) in [5.74, 6) is 0.374. The number of sulfonamides is 1. The Morgan fingerprint density at radius 3 is 2.65 bits per heavy atom. The number of hydrogen-bond donors (Lipinski definition) is 0. The van der Waals surface area contributed by atoms with Gasteiger partial charge < -0.3 is 9.64 Å². The largest absolute Gasteiger partial charge is 0.472 e. The van der Waals surface area contributed by atoms with Crippen molar-refractivity contribution in [3.63, 3.8) is 0 Å². The topological polar surface area (TPSA) is 75.6 Å². The third kappa shape index (κ3) is 3.89. The van der Waals surface area contributed by atoms with Crippen LogP contribution in [-0.2, 0) is 10.0 Å². The van der Waals surface area contributed by atoms with E-state index < -0.39 is 15.8 Å². The van der Waals surface area contributed by atoms with E-state index in [-0.39, 0.29) is 22.6 Å². The molecule has 1 atom stereocenters. The number of aromatic nitrogens is 2. The van der Waals surface area contributed by atoms with Crippen LogP contribution in [0.5, 0.6) is 5.88 Å². The maximum absolute atomic E-state index is 13.3. The smallest absolute Gasteiger partial charge is 0.243 e. The minimum absolute atomic E-state index is 0.0420. The summed E-state index contributed by atoms with van der Waals surface area (Å²) in [4.78, 5) is 1.77. The highest BCUT2D eigenvalue weighted by atomic mass is 35.5. The number of anilines is 1. The number of benzene rings is 1. The predicted octanol–water partition coefficient (Wildman–Crippen LogP) is 2.18. The molecule has 1 unspecified atom stereocenters. The first-order valence-corrected chi connectivity index (χ1v) is 9.72. The van der Waals surface area contributed by atoms with E-state index in [1.807, 2.05) is 19.0 Å². The van der Waals surface area contributed by atoms with Gasteiger partial charge in [-0.3, -0.25) is 0 Å². The predicted molar refractivity (Wildman–Crippen MR) is 95.6 cm³/mol. The zero-order valence-electron chi connectivity index (χ0n) is 14.3. The fraction of sp³-hybridized carbons (Fsp3) is 0.375. The van der Waals surface area contributed by atoms with E-state index in [1.54, 1.807) is 12.1 Å². The van der Waals surface area contributed by atoms with Crippen molar-refractivity contribution >= 4 is 27.4 Å². The first-order valence-electron chi connectivity index (χ1n) is 7.90. The van der Waals surface area contributed by atoms with Gasteiger partial charge in [0.2, 0.25) is 15.9 Å². The molecule has 1 aromatic heterocycles. The van der Waals surface area contributed by atoms with Gasteiger partial charge in [0.1, 0.15) is 11.9 Å². The van der Waals surface area contributed by atoms with Crippen LogP contribution >= 0.6 is 11.6 Å². The van der Waals surface area contributed by atoms with E-state index in [0.717, 1.165) is 12.1 Å². The van der Waals surface area contributed by atoms with E-state index >= 15 is 0 Å². The fourth-order valence-electron chi connectivity index (χ4n) is 2.58. The lowest BCUT2D eigenvalue weighted by atomic mass is 10.3. The van der Waals surface area contributed by atoms with Crippen LogP contribution in [0.1, 0.15) is 6.42 Å². The van der Waals surface area contributed by atoms with Crippen molar-refractivity contribution in [1.29, 1.82) is 0 Å².